The van der Waals surface area contributed by atoms with Crippen LogP contribution in [0.5, 0.6) is 5.75 Å². The highest BCUT2D eigenvalue weighted by Crippen LogP contribution is 2.38. The summed E-state index contributed by atoms with van der Waals surface area (Å²) in [6.07, 6.45) is 0.764. The minimum Gasteiger partial charge on any atom is -0.481 e. The molecule has 0 amide bonds. The molecule has 1 aromatic heterocycles. The van der Waals surface area contributed by atoms with Gasteiger partial charge in [-0.1, -0.05) is 15.9 Å². The highest BCUT2D eigenvalue weighted by atomic mass is 79.9. The smallest absolute Gasteiger partial charge is 0.312 e. The molecule has 0 aliphatic rings. The maximum atomic E-state index is 11.1. The number of rotatable bonds is 5. The van der Waals surface area contributed by atoms with Crippen molar-refractivity contribution in [2.75, 3.05) is 0 Å². The summed E-state index contributed by atoms with van der Waals surface area (Å²) in [5.41, 5.74) is 1.85. The first-order valence-corrected chi connectivity index (χ1v) is 7.32. The largest absolute Gasteiger partial charge is 0.481 e. The summed E-state index contributed by atoms with van der Waals surface area (Å²) >= 11 is 4.59. The number of hydrogen-bond acceptors (Lipinski definition) is 6. The summed E-state index contributed by atoms with van der Waals surface area (Å²) in [6.45, 7) is 1.71. The maximum absolute atomic E-state index is 11.1. The molecule has 1 heterocycles. The topological polar surface area (TPSA) is 85.5 Å². The third-order valence-corrected chi connectivity index (χ3v) is 3.76. The molecule has 2 rings (SSSR count). The van der Waals surface area contributed by atoms with Crippen LogP contribution >= 0.6 is 27.3 Å². The van der Waals surface area contributed by atoms with E-state index in [0.717, 1.165) is 4.88 Å². The molecule has 0 unspecified atom stereocenters. The van der Waals surface area contributed by atoms with Crippen molar-refractivity contribution in [2.45, 2.75) is 19.6 Å². The summed E-state index contributed by atoms with van der Waals surface area (Å²) in [4.78, 5) is 15.4. The van der Waals surface area contributed by atoms with Crippen LogP contribution in [0.1, 0.15) is 23.5 Å². The molecule has 1 aromatic carbocycles. The van der Waals surface area contributed by atoms with Crippen LogP contribution in [-0.2, 0) is 6.61 Å². The average Bonchev–Trinajstić information content (AvgIpc) is 2.89. The van der Waals surface area contributed by atoms with Crippen LogP contribution < -0.4 is 4.74 Å². The van der Waals surface area contributed by atoms with E-state index in [1.165, 1.54) is 24.3 Å². The van der Waals surface area contributed by atoms with Gasteiger partial charge in [-0.2, -0.15) is 0 Å². The van der Waals surface area contributed by atoms with Crippen LogP contribution in [0.2, 0.25) is 0 Å². The molecule has 0 aliphatic carbocycles. The van der Waals surface area contributed by atoms with E-state index in [1.54, 1.807) is 17.8 Å². The van der Waals surface area contributed by atoms with Crippen LogP contribution in [-0.4, -0.2) is 15.0 Å². The number of benzene rings is 1. The molecule has 8 heteroatoms. The van der Waals surface area contributed by atoms with Gasteiger partial charge in [0.05, 0.1) is 21.4 Å². The van der Waals surface area contributed by atoms with Crippen molar-refractivity contribution in [2.24, 2.45) is 0 Å². The molecule has 0 saturated heterocycles. The molecule has 0 fully saturated rings. The van der Waals surface area contributed by atoms with Crippen LogP contribution in [0.3, 0.4) is 0 Å². The molecule has 0 spiro atoms. The number of ether oxygens (including phenoxy) is 1. The Bertz CT molecular complexity index is 616. The van der Waals surface area contributed by atoms with E-state index in [0.29, 0.717) is 10.0 Å². The number of thiazole rings is 1. The first kappa shape index (κ1) is 14.9. The van der Waals surface area contributed by atoms with E-state index in [-0.39, 0.29) is 18.0 Å². The lowest BCUT2D eigenvalue weighted by Crippen LogP contribution is -2.04. The van der Waals surface area contributed by atoms with Crippen LogP contribution in [0, 0.1) is 10.1 Å². The van der Waals surface area contributed by atoms with Gasteiger partial charge in [-0.05, 0) is 13.0 Å². The number of aliphatic hydroxyl groups is 1. The van der Waals surface area contributed by atoms with Crippen molar-refractivity contribution in [1.82, 2.24) is 4.98 Å². The Balaban J connectivity index is 2.39. The summed E-state index contributed by atoms with van der Waals surface area (Å²) in [7, 11) is 0. The van der Waals surface area contributed by atoms with Crippen molar-refractivity contribution < 1.29 is 14.8 Å². The van der Waals surface area contributed by atoms with Crippen molar-refractivity contribution >= 4 is 33.0 Å². The fourth-order valence-corrected chi connectivity index (χ4v) is 2.63. The molecule has 0 bridgehead atoms. The molecule has 106 valence electrons. The Kier molecular flexibility index (Phi) is 4.69. The summed E-state index contributed by atoms with van der Waals surface area (Å²) in [6, 6.07) is 2.97. The normalized spacial score (nSPS) is 12.2. The SMILES string of the molecule is C[C@@H](O)c1cc(Br)cc([N+](=O)[O-])c1OCc1cncs1. The zero-order chi connectivity index (χ0) is 14.7. The van der Waals surface area contributed by atoms with Crippen molar-refractivity contribution in [1.29, 1.82) is 0 Å². The lowest BCUT2D eigenvalue weighted by atomic mass is 10.1. The highest BCUT2D eigenvalue weighted by Gasteiger charge is 2.23. The predicted molar refractivity (Wildman–Crippen MR) is 77.9 cm³/mol. The minimum absolute atomic E-state index is 0.0848. The first-order valence-electron chi connectivity index (χ1n) is 5.65. The Hall–Kier alpha value is -1.51. The number of halogens is 1. The molecule has 1 N–H and O–H groups in total. The van der Waals surface area contributed by atoms with Gasteiger partial charge in [0.25, 0.3) is 0 Å². The van der Waals surface area contributed by atoms with Crippen LogP contribution in [0.25, 0.3) is 0 Å². The zero-order valence-electron chi connectivity index (χ0n) is 10.4. The fraction of sp³-hybridized carbons (Fsp3) is 0.250. The highest BCUT2D eigenvalue weighted by molar-refractivity contribution is 9.10. The van der Waals surface area contributed by atoms with E-state index < -0.39 is 11.0 Å². The second-order valence-electron chi connectivity index (χ2n) is 4.03. The Morgan fingerprint density at radius 2 is 2.35 bits per heavy atom. The maximum Gasteiger partial charge on any atom is 0.312 e. The summed E-state index contributed by atoms with van der Waals surface area (Å²) < 4.78 is 6.06. The number of hydrogen-bond donors (Lipinski definition) is 1. The molecule has 1 atom stereocenters. The summed E-state index contributed by atoms with van der Waals surface area (Å²) in [5, 5.41) is 20.9. The lowest BCUT2D eigenvalue weighted by Gasteiger charge is -2.13. The third-order valence-electron chi connectivity index (χ3n) is 2.55. The number of nitro groups is 1. The number of aromatic nitrogens is 1. The van der Waals surface area contributed by atoms with Gasteiger partial charge in [0.1, 0.15) is 6.61 Å². The second kappa shape index (κ2) is 6.29. The second-order valence-corrected chi connectivity index (χ2v) is 5.92. The molecule has 2 aromatic rings. The quantitative estimate of drug-likeness (QED) is 0.653. The molecule has 0 saturated carbocycles. The standard InChI is InChI=1S/C12H11BrN2O4S/c1-7(16)10-2-8(13)3-11(15(17)18)12(10)19-5-9-4-14-6-20-9/h2-4,6-7,16H,5H2,1H3/t7-/m1/s1. The van der Waals surface area contributed by atoms with E-state index in [2.05, 4.69) is 20.9 Å². The summed E-state index contributed by atoms with van der Waals surface area (Å²) in [5.74, 6) is 0.0848. The van der Waals surface area contributed by atoms with E-state index in [1.807, 2.05) is 0 Å². The van der Waals surface area contributed by atoms with Crippen molar-refractivity contribution in [3.8, 4) is 5.75 Å². The van der Waals surface area contributed by atoms with E-state index in [9.17, 15) is 15.2 Å². The molecule has 0 aliphatic heterocycles. The van der Waals surface area contributed by atoms with Crippen LogP contribution in [0.4, 0.5) is 5.69 Å². The monoisotopic (exact) mass is 358 g/mol. The Morgan fingerprint density at radius 1 is 1.60 bits per heavy atom. The van der Waals surface area contributed by atoms with Gasteiger partial charge in [-0.15, -0.1) is 11.3 Å². The van der Waals surface area contributed by atoms with Crippen LogP contribution in [0.15, 0.2) is 28.3 Å². The lowest BCUT2D eigenvalue weighted by molar-refractivity contribution is -0.386. The van der Waals surface area contributed by atoms with Gasteiger partial charge in [0, 0.05) is 22.3 Å². The number of aliphatic hydroxyl groups excluding tert-OH is 1. The molecule has 6 nitrogen and oxygen atoms in total. The van der Waals surface area contributed by atoms with Gasteiger partial charge >= 0.3 is 5.69 Å². The van der Waals surface area contributed by atoms with Gasteiger partial charge in [0.2, 0.25) is 5.75 Å². The molecular weight excluding hydrogens is 348 g/mol. The van der Waals surface area contributed by atoms with Crippen molar-refractivity contribution in [3.05, 3.63) is 48.9 Å². The Labute approximate surface area is 127 Å². The van der Waals surface area contributed by atoms with Gasteiger partial charge in [-0.3, -0.25) is 15.1 Å². The Morgan fingerprint density at radius 3 is 2.90 bits per heavy atom. The molecule has 0 radical (unpaired) electrons. The number of nitrogens with zero attached hydrogens (tertiary/aromatic N) is 2. The molecular formula is C12H11BrN2O4S. The van der Waals surface area contributed by atoms with E-state index in [4.69, 9.17) is 4.74 Å². The molecule has 20 heavy (non-hydrogen) atoms. The zero-order valence-corrected chi connectivity index (χ0v) is 12.8. The number of nitro benzene ring substituents is 1. The minimum atomic E-state index is -0.873. The predicted octanol–water partition coefficient (Wildman–Crippen LogP) is 3.45. The van der Waals surface area contributed by atoms with Crippen molar-refractivity contribution in [3.63, 3.8) is 0 Å². The van der Waals surface area contributed by atoms with Gasteiger partial charge in [-0.25, -0.2) is 0 Å². The average molecular weight is 359 g/mol. The van der Waals surface area contributed by atoms with Gasteiger partial charge < -0.3 is 9.84 Å². The van der Waals surface area contributed by atoms with Gasteiger partial charge in [0.15, 0.2) is 0 Å². The third kappa shape index (κ3) is 3.33. The van der Waals surface area contributed by atoms with E-state index >= 15 is 0 Å². The first-order chi connectivity index (χ1) is 9.49. The fourth-order valence-electron chi connectivity index (χ4n) is 1.66.